The first-order valence-electron chi connectivity index (χ1n) is 5.01. The summed E-state index contributed by atoms with van der Waals surface area (Å²) in [6, 6.07) is 8.23. The van der Waals surface area contributed by atoms with Crippen molar-refractivity contribution in [2.45, 2.75) is 13.0 Å². The molecule has 0 saturated carbocycles. The number of rotatable bonds is 7. The third-order valence-electron chi connectivity index (χ3n) is 2.01. The predicted octanol–water partition coefficient (Wildman–Crippen LogP) is 3.09. The molecule has 0 heterocycles. The van der Waals surface area contributed by atoms with Crippen molar-refractivity contribution in [3.8, 4) is 0 Å². The Kier molecular flexibility index (Phi) is 6.12. The number of benzene rings is 1. The van der Waals surface area contributed by atoms with Gasteiger partial charge >= 0.3 is 0 Å². The van der Waals surface area contributed by atoms with Gasteiger partial charge in [-0.05, 0) is 24.6 Å². The maximum Gasteiger partial charge on any atom is 0.0885 e. The smallest absolute Gasteiger partial charge is 0.0885 e. The molecule has 0 aliphatic heterocycles. The van der Waals surface area contributed by atoms with Gasteiger partial charge in [0.25, 0.3) is 0 Å². The molecule has 2 nitrogen and oxygen atoms in total. The lowest BCUT2D eigenvalue weighted by Crippen LogP contribution is -2.16. The van der Waals surface area contributed by atoms with E-state index >= 15 is 0 Å². The van der Waals surface area contributed by atoms with Gasteiger partial charge in [-0.25, -0.2) is 0 Å². The summed E-state index contributed by atoms with van der Waals surface area (Å²) in [5, 5.41) is 3.36. The molecule has 3 heteroatoms. The molecule has 1 aromatic carbocycles. The molecule has 0 atom stereocenters. The van der Waals surface area contributed by atoms with Gasteiger partial charge in [-0.15, -0.1) is 0 Å². The van der Waals surface area contributed by atoms with E-state index in [4.69, 9.17) is 4.74 Å². The number of nitrogens with one attached hydrogen (secondary N) is 1. The highest BCUT2D eigenvalue weighted by molar-refractivity contribution is 9.10. The standard InChI is InChI=1S/C12H16BrNO/c1-2-15-9-5-8-14-10-11-6-3-4-7-12(11)13/h2-4,6-7,14H,1,5,8-10H2. The number of ether oxygens (including phenoxy) is 1. The first kappa shape index (κ1) is 12.3. The fourth-order valence-corrected chi connectivity index (χ4v) is 1.65. The normalized spacial score (nSPS) is 9.93. The molecule has 0 bridgehead atoms. The van der Waals surface area contributed by atoms with E-state index in [0.29, 0.717) is 0 Å². The molecule has 0 aromatic heterocycles. The van der Waals surface area contributed by atoms with Gasteiger partial charge in [0.1, 0.15) is 0 Å². The highest BCUT2D eigenvalue weighted by Gasteiger charge is 1.96. The molecule has 1 N–H and O–H groups in total. The van der Waals surface area contributed by atoms with E-state index in [1.807, 2.05) is 12.1 Å². The zero-order chi connectivity index (χ0) is 10.9. The minimum absolute atomic E-state index is 0.729. The van der Waals surface area contributed by atoms with Crippen LogP contribution in [-0.2, 0) is 11.3 Å². The summed E-state index contributed by atoms with van der Waals surface area (Å²) in [7, 11) is 0. The molecule has 0 radical (unpaired) electrons. The molecule has 0 amide bonds. The van der Waals surface area contributed by atoms with Crippen molar-refractivity contribution in [3.05, 3.63) is 47.1 Å². The van der Waals surface area contributed by atoms with Crippen LogP contribution in [0.5, 0.6) is 0 Å². The highest BCUT2D eigenvalue weighted by atomic mass is 79.9. The second kappa shape index (κ2) is 7.49. The molecule has 82 valence electrons. The molecular weight excluding hydrogens is 254 g/mol. The molecule has 0 unspecified atom stereocenters. The number of hydrogen-bond acceptors (Lipinski definition) is 2. The van der Waals surface area contributed by atoms with Crippen molar-refractivity contribution in [1.29, 1.82) is 0 Å². The topological polar surface area (TPSA) is 21.3 Å². The minimum atomic E-state index is 0.729. The van der Waals surface area contributed by atoms with Crippen molar-refractivity contribution >= 4 is 15.9 Å². The Morgan fingerprint density at radius 1 is 1.40 bits per heavy atom. The first-order chi connectivity index (χ1) is 7.34. The summed E-state index contributed by atoms with van der Waals surface area (Å²) in [5.41, 5.74) is 1.28. The Morgan fingerprint density at radius 3 is 2.93 bits per heavy atom. The molecule has 0 aliphatic rings. The minimum Gasteiger partial charge on any atom is -0.502 e. The van der Waals surface area contributed by atoms with Crippen molar-refractivity contribution in [3.63, 3.8) is 0 Å². The van der Waals surface area contributed by atoms with Crippen LogP contribution in [0.1, 0.15) is 12.0 Å². The van der Waals surface area contributed by atoms with Crippen LogP contribution in [0.3, 0.4) is 0 Å². The Labute approximate surface area is 99.5 Å². The summed E-state index contributed by atoms with van der Waals surface area (Å²) < 4.78 is 6.18. The van der Waals surface area contributed by atoms with Gasteiger partial charge in [0.05, 0.1) is 12.9 Å². The van der Waals surface area contributed by atoms with Gasteiger partial charge in [0.15, 0.2) is 0 Å². The van der Waals surface area contributed by atoms with Gasteiger partial charge in [0, 0.05) is 11.0 Å². The average molecular weight is 270 g/mol. The van der Waals surface area contributed by atoms with Crippen LogP contribution in [0.2, 0.25) is 0 Å². The third-order valence-corrected chi connectivity index (χ3v) is 2.78. The summed E-state index contributed by atoms with van der Waals surface area (Å²) in [6.07, 6.45) is 2.48. The van der Waals surface area contributed by atoms with Crippen molar-refractivity contribution in [1.82, 2.24) is 5.32 Å². The Hall–Kier alpha value is -0.800. The molecule has 0 fully saturated rings. The first-order valence-corrected chi connectivity index (χ1v) is 5.80. The summed E-state index contributed by atoms with van der Waals surface area (Å²) in [4.78, 5) is 0. The number of hydrogen-bond donors (Lipinski definition) is 1. The second-order valence-corrected chi connectivity index (χ2v) is 4.01. The third kappa shape index (κ3) is 5.00. The number of halogens is 1. The van der Waals surface area contributed by atoms with E-state index in [1.165, 1.54) is 11.8 Å². The zero-order valence-electron chi connectivity index (χ0n) is 8.71. The van der Waals surface area contributed by atoms with Gasteiger partial charge in [-0.2, -0.15) is 0 Å². The van der Waals surface area contributed by atoms with Gasteiger partial charge in [-0.1, -0.05) is 40.7 Å². The second-order valence-electron chi connectivity index (χ2n) is 3.16. The van der Waals surface area contributed by atoms with Crippen LogP contribution in [0.15, 0.2) is 41.6 Å². The largest absolute Gasteiger partial charge is 0.502 e. The lowest BCUT2D eigenvalue weighted by Gasteiger charge is -2.06. The quantitative estimate of drug-likeness (QED) is 0.607. The Morgan fingerprint density at radius 2 is 2.20 bits per heavy atom. The van der Waals surface area contributed by atoms with Crippen molar-refractivity contribution in [2.75, 3.05) is 13.2 Å². The molecule has 15 heavy (non-hydrogen) atoms. The van der Waals surface area contributed by atoms with Crippen molar-refractivity contribution in [2.24, 2.45) is 0 Å². The maximum absolute atomic E-state index is 5.02. The van der Waals surface area contributed by atoms with Crippen LogP contribution in [-0.4, -0.2) is 13.2 Å². The van der Waals surface area contributed by atoms with Crippen LogP contribution >= 0.6 is 15.9 Å². The predicted molar refractivity (Wildman–Crippen MR) is 66.6 cm³/mol. The Bertz CT molecular complexity index is 301. The molecule has 0 aliphatic carbocycles. The van der Waals surface area contributed by atoms with Gasteiger partial charge < -0.3 is 10.1 Å². The molecule has 0 spiro atoms. The fraction of sp³-hybridized carbons (Fsp3) is 0.333. The van der Waals surface area contributed by atoms with E-state index in [-0.39, 0.29) is 0 Å². The summed E-state index contributed by atoms with van der Waals surface area (Å²) in [6.45, 7) is 6.06. The van der Waals surface area contributed by atoms with E-state index in [0.717, 1.165) is 30.6 Å². The average Bonchev–Trinajstić information content (AvgIpc) is 2.25. The van der Waals surface area contributed by atoms with E-state index in [1.54, 1.807) is 0 Å². The van der Waals surface area contributed by atoms with Crippen LogP contribution in [0, 0.1) is 0 Å². The SMILES string of the molecule is C=COCCCNCc1ccccc1Br. The van der Waals surface area contributed by atoms with E-state index < -0.39 is 0 Å². The fourth-order valence-electron chi connectivity index (χ4n) is 1.23. The molecule has 1 rings (SSSR count). The van der Waals surface area contributed by atoms with Crippen LogP contribution in [0.4, 0.5) is 0 Å². The Balaban J connectivity index is 2.15. The van der Waals surface area contributed by atoms with Crippen LogP contribution < -0.4 is 5.32 Å². The summed E-state index contributed by atoms with van der Waals surface area (Å²) in [5.74, 6) is 0. The zero-order valence-corrected chi connectivity index (χ0v) is 10.3. The van der Waals surface area contributed by atoms with Crippen LogP contribution in [0.25, 0.3) is 0 Å². The van der Waals surface area contributed by atoms with Gasteiger partial charge in [0.2, 0.25) is 0 Å². The lowest BCUT2D eigenvalue weighted by molar-refractivity contribution is 0.244. The molecule has 1 aromatic rings. The molecular formula is C12H16BrNO. The maximum atomic E-state index is 5.02. The highest BCUT2D eigenvalue weighted by Crippen LogP contribution is 2.15. The van der Waals surface area contributed by atoms with Gasteiger partial charge in [-0.3, -0.25) is 0 Å². The lowest BCUT2D eigenvalue weighted by atomic mass is 10.2. The summed E-state index contributed by atoms with van der Waals surface area (Å²) >= 11 is 3.51. The molecule has 0 saturated heterocycles. The monoisotopic (exact) mass is 269 g/mol. The van der Waals surface area contributed by atoms with Crippen molar-refractivity contribution < 1.29 is 4.74 Å². The van der Waals surface area contributed by atoms with E-state index in [9.17, 15) is 0 Å². The van der Waals surface area contributed by atoms with E-state index in [2.05, 4.69) is 40.0 Å².